The Balaban J connectivity index is 1.51. The number of thioether (sulfide) groups is 1. The van der Waals surface area contributed by atoms with Crippen molar-refractivity contribution in [1.29, 1.82) is 0 Å². The van der Waals surface area contributed by atoms with Crippen molar-refractivity contribution in [3.63, 3.8) is 0 Å². The van der Waals surface area contributed by atoms with Crippen LogP contribution in [0.3, 0.4) is 0 Å². The number of hydrogen-bond donors (Lipinski definition) is 1. The van der Waals surface area contributed by atoms with E-state index in [2.05, 4.69) is 50.0 Å². The molecule has 1 atom stereocenters. The molecule has 0 radical (unpaired) electrons. The van der Waals surface area contributed by atoms with Crippen molar-refractivity contribution in [1.82, 2.24) is 4.90 Å². The van der Waals surface area contributed by atoms with Crippen molar-refractivity contribution in [3.05, 3.63) is 58.0 Å². The lowest BCUT2D eigenvalue weighted by molar-refractivity contribution is -0.127. The molecule has 0 saturated carbocycles. The van der Waals surface area contributed by atoms with Gasteiger partial charge in [0.2, 0.25) is 5.91 Å². The summed E-state index contributed by atoms with van der Waals surface area (Å²) in [5.74, 6) is 0.202. The largest absolute Gasteiger partial charge is 0.494 e. The van der Waals surface area contributed by atoms with Gasteiger partial charge in [-0.15, -0.1) is 0 Å². The fourth-order valence-electron chi connectivity index (χ4n) is 5.38. The number of nitrogens with zero attached hydrogens (tertiary/aromatic N) is 2. The van der Waals surface area contributed by atoms with Crippen LogP contribution in [0.15, 0.2) is 41.3 Å². The van der Waals surface area contributed by atoms with E-state index in [9.17, 15) is 14.4 Å². The molecule has 1 N–H and O–H groups in total. The van der Waals surface area contributed by atoms with Gasteiger partial charge in [-0.05, 0) is 117 Å². The maximum atomic E-state index is 13.1. The maximum Gasteiger partial charge on any atom is 0.294 e. The van der Waals surface area contributed by atoms with Crippen LogP contribution in [0.5, 0.6) is 5.75 Å². The fraction of sp³-hybridized carbons (Fsp3) is 0.433. The topological polar surface area (TPSA) is 79.0 Å². The van der Waals surface area contributed by atoms with E-state index in [4.69, 9.17) is 4.74 Å². The van der Waals surface area contributed by atoms with E-state index >= 15 is 0 Å². The molecule has 0 bridgehead atoms. The van der Waals surface area contributed by atoms with Crippen LogP contribution in [0.25, 0.3) is 6.08 Å². The van der Waals surface area contributed by atoms with Crippen molar-refractivity contribution >= 4 is 46.3 Å². The van der Waals surface area contributed by atoms with Gasteiger partial charge in [0.05, 0.1) is 11.5 Å². The van der Waals surface area contributed by atoms with Crippen molar-refractivity contribution in [2.75, 3.05) is 29.9 Å². The van der Waals surface area contributed by atoms with Gasteiger partial charge in [-0.25, -0.2) is 0 Å². The zero-order chi connectivity index (χ0) is 27.6. The Morgan fingerprint density at radius 1 is 1.18 bits per heavy atom. The summed E-state index contributed by atoms with van der Waals surface area (Å²) >= 11 is 0.879. The van der Waals surface area contributed by atoms with E-state index in [1.807, 2.05) is 13.8 Å². The van der Waals surface area contributed by atoms with Gasteiger partial charge in [0.25, 0.3) is 11.1 Å². The van der Waals surface area contributed by atoms with Gasteiger partial charge >= 0.3 is 0 Å². The molecule has 1 fully saturated rings. The summed E-state index contributed by atoms with van der Waals surface area (Å²) in [5.41, 5.74) is 5.14. The summed E-state index contributed by atoms with van der Waals surface area (Å²) in [6, 6.07) is 11.3. The van der Waals surface area contributed by atoms with E-state index < -0.39 is 17.1 Å². The first-order valence-corrected chi connectivity index (χ1v) is 14.1. The standard InChI is InChI=1S/C30H37N3O4S/c1-7-13-33-25-14-19(3)21(15-24(25)20(4)17-30(33,5)6)16-26-28(35)32(29(36)38-26)18-27(34)31-22-9-11-23(12-10-22)37-8-2/h9-12,14-16,20H,7-8,13,17-18H2,1-6H3,(H,31,34)/b26-16+. The normalized spacial score (nSPS) is 19.6. The second-order valence-electron chi connectivity index (χ2n) is 10.6. The molecule has 2 aromatic carbocycles. The Hall–Kier alpha value is -3.26. The summed E-state index contributed by atoms with van der Waals surface area (Å²) in [7, 11) is 0. The van der Waals surface area contributed by atoms with Gasteiger partial charge in [-0.3, -0.25) is 19.3 Å². The molecule has 3 amide bonds. The number of ether oxygens (including phenoxy) is 1. The number of imide groups is 1. The second kappa shape index (κ2) is 11.2. The Morgan fingerprint density at radius 3 is 2.55 bits per heavy atom. The minimum absolute atomic E-state index is 0.0743. The summed E-state index contributed by atoms with van der Waals surface area (Å²) < 4.78 is 5.41. The van der Waals surface area contributed by atoms with E-state index in [0.29, 0.717) is 28.9 Å². The highest BCUT2D eigenvalue weighted by molar-refractivity contribution is 8.18. The number of hydrogen-bond acceptors (Lipinski definition) is 6. The molecule has 2 aliphatic heterocycles. The smallest absolute Gasteiger partial charge is 0.294 e. The molecule has 0 spiro atoms. The molecular weight excluding hydrogens is 498 g/mol. The summed E-state index contributed by atoms with van der Waals surface area (Å²) in [4.78, 5) is 42.2. The molecular formula is C30H37N3O4S. The van der Waals surface area contributed by atoms with Crippen molar-refractivity contribution in [2.45, 2.75) is 65.8 Å². The minimum atomic E-state index is -0.444. The number of carbonyl (C=O) groups excluding carboxylic acids is 3. The molecule has 0 aliphatic carbocycles. The average Bonchev–Trinajstić information content (AvgIpc) is 3.11. The van der Waals surface area contributed by atoms with Crippen molar-refractivity contribution in [3.8, 4) is 5.75 Å². The number of aryl methyl sites for hydroxylation is 1. The van der Waals surface area contributed by atoms with Crippen LogP contribution < -0.4 is 15.0 Å². The van der Waals surface area contributed by atoms with Gasteiger partial charge in [0.1, 0.15) is 12.3 Å². The van der Waals surface area contributed by atoms with Gasteiger partial charge in [-0.2, -0.15) is 0 Å². The first kappa shape index (κ1) is 27.8. The molecule has 1 unspecified atom stereocenters. The number of carbonyl (C=O) groups is 3. The molecule has 8 heteroatoms. The van der Waals surface area contributed by atoms with Crippen LogP contribution in [0.2, 0.25) is 0 Å². The Bertz CT molecular complexity index is 1270. The highest BCUT2D eigenvalue weighted by atomic mass is 32.2. The van der Waals surface area contributed by atoms with E-state index in [1.54, 1.807) is 30.3 Å². The van der Waals surface area contributed by atoms with Crippen LogP contribution in [0.1, 0.15) is 70.1 Å². The third-order valence-corrected chi connectivity index (χ3v) is 8.04. The van der Waals surface area contributed by atoms with Crippen LogP contribution in [-0.4, -0.2) is 47.2 Å². The number of benzene rings is 2. The van der Waals surface area contributed by atoms with E-state index in [-0.39, 0.29) is 12.1 Å². The lowest BCUT2D eigenvalue weighted by Gasteiger charge is -2.48. The molecule has 4 rings (SSSR count). The molecule has 2 aromatic rings. The number of anilines is 2. The quantitative estimate of drug-likeness (QED) is 0.385. The summed E-state index contributed by atoms with van der Waals surface area (Å²) in [5, 5.41) is 2.30. The minimum Gasteiger partial charge on any atom is -0.494 e. The Kier molecular flexibility index (Phi) is 8.21. The van der Waals surface area contributed by atoms with Gasteiger partial charge < -0.3 is 15.0 Å². The van der Waals surface area contributed by atoms with Gasteiger partial charge in [0, 0.05) is 23.5 Å². The van der Waals surface area contributed by atoms with E-state index in [0.717, 1.165) is 47.2 Å². The third-order valence-electron chi connectivity index (χ3n) is 7.13. The fourth-order valence-corrected chi connectivity index (χ4v) is 6.21. The monoisotopic (exact) mass is 535 g/mol. The number of rotatable bonds is 8. The summed E-state index contributed by atoms with van der Waals surface area (Å²) in [6.45, 7) is 14.2. The van der Waals surface area contributed by atoms with Crippen LogP contribution in [0, 0.1) is 6.92 Å². The van der Waals surface area contributed by atoms with Gasteiger partial charge in [-0.1, -0.05) is 13.8 Å². The SMILES string of the molecule is CCCN1c2cc(C)c(/C=C3/SC(=O)N(CC(=O)Nc4ccc(OCC)cc4)C3=O)cc2C(C)CC1(C)C. The first-order valence-electron chi connectivity index (χ1n) is 13.2. The molecule has 2 heterocycles. The number of amides is 3. The Labute approximate surface area is 229 Å². The Morgan fingerprint density at radius 2 is 1.89 bits per heavy atom. The highest BCUT2D eigenvalue weighted by Gasteiger charge is 2.38. The second-order valence-corrected chi connectivity index (χ2v) is 11.6. The van der Waals surface area contributed by atoms with Gasteiger partial charge in [0.15, 0.2) is 0 Å². The molecule has 7 nitrogen and oxygen atoms in total. The predicted octanol–water partition coefficient (Wildman–Crippen LogP) is 6.57. The maximum absolute atomic E-state index is 13.1. The molecule has 0 aromatic heterocycles. The lowest BCUT2D eigenvalue weighted by Crippen LogP contribution is -2.48. The van der Waals surface area contributed by atoms with Crippen molar-refractivity contribution < 1.29 is 19.1 Å². The zero-order valence-corrected chi connectivity index (χ0v) is 23.9. The van der Waals surface area contributed by atoms with E-state index in [1.165, 1.54) is 11.3 Å². The highest BCUT2D eigenvalue weighted by Crippen LogP contribution is 2.45. The number of fused-ring (bicyclic) bond motifs is 1. The molecule has 202 valence electrons. The predicted molar refractivity (Wildman–Crippen MR) is 155 cm³/mol. The van der Waals surface area contributed by atoms with Crippen LogP contribution >= 0.6 is 11.8 Å². The summed E-state index contributed by atoms with van der Waals surface area (Å²) in [6.07, 6.45) is 3.90. The third kappa shape index (κ3) is 5.75. The first-order chi connectivity index (χ1) is 18.0. The zero-order valence-electron chi connectivity index (χ0n) is 23.1. The van der Waals surface area contributed by atoms with Crippen molar-refractivity contribution in [2.24, 2.45) is 0 Å². The lowest BCUT2D eigenvalue weighted by atomic mass is 9.79. The average molecular weight is 536 g/mol. The number of nitrogens with one attached hydrogen (secondary N) is 1. The molecule has 1 saturated heterocycles. The molecule has 38 heavy (non-hydrogen) atoms. The van der Waals surface area contributed by atoms with Crippen LogP contribution in [0.4, 0.5) is 16.2 Å². The van der Waals surface area contributed by atoms with Crippen LogP contribution in [-0.2, 0) is 9.59 Å². The molecule has 2 aliphatic rings.